The van der Waals surface area contributed by atoms with E-state index in [1.165, 1.54) is 0 Å². The lowest BCUT2D eigenvalue weighted by Gasteiger charge is -2.26. The molecule has 1 unspecified atom stereocenters. The van der Waals surface area contributed by atoms with Gasteiger partial charge in [-0.25, -0.2) is 0 Å². The van der Waals surface area contributed by atoms with Crippen LogP contribution in [-0.4, -0.2) is 19.3 Å². The van der Waals surface area contributed by atoms with Gasteiger partial charge in [0.05, 0.1) is 26.7 Å². The van der Waals surface area contributed by atoms with E-state index in [0.29, 0.717) is 17.7 Å². The van der Waals surface area contributed by atoms with Crippen molar-refractivity contribution in [1.82, 2.24) is 0 Å². The van der Waals surface area contributed by atoms with E-state index in [1.54, 1.807) is 38.5 Å². The predicted octanol–water partition coefficient (Wildman–Crippen LogP) is 3.05. The summed E-state index contributed by atoms with van der Waals surface area (Å²) in [5.74, 6) is 1.48. The monoisotopic (exact) mass is 297 g/mol. The highest BCUT2D eigenvalue weighted by Gasteiger charge is 2.29. The third-order valence-corrected chi connectivity index (χ3v) is 3.65. The second-order valence-electron chi connectivity index (χ2n) is 5.12. The van der Waals surface area contributed by atoms with Crippen molar-refractivity contribution in [2.45, 2.75) is 18.4 Å². The summed E-state index contributed by atoms with van der Waals surface area (Å²) in [6, 6.07) is 16.7. The summed E-state index contributed by atoms with van der Waals surface area (Å²) in [4.78, 5) is 0. The second kappa shape index (κ2) is 6.97. The summed E-state index contributed by atoms with van der Waals surface area (Å²) in [5.41, 5.74) is 0.412. The van der Waals surface area contributed by atoms with Crippen molar-refractivity contribution in [1.29, 1.82) is 5.26 Å². The molecular formula is C18H19NO3. The Bertz CT molecular complexity index is 644. The lowest BCUT2D eigenvalue weighted by atomic mass is 9.85. The maximum atomic E-state index is 10.9. The Morgan fingerprint density at radius 3 is 1.91 bits per heavy atom. The number of hydrogen-bond donors (Lipinski definition) is 1. The van der Waals surface area contributed by atoms with E-state index in [9.17, 15) is 5.11 Å². The van der Waals surface area contributed by atoms with E-state index in [4.69, 9.17) is 14.7 Å². The Labute approximate surface area is 130 Å². The highest BCUT2D eigenvalue weighted by Crippen LogP contribution is 2.31. The molecule has 4 nitrogen and oxygen atoms in total. The molecule has 22 heavy (non-hydrogen) atoms. The fourth-order valence-corrected chi connectivity index (χ4v) is 2.38. The molecule has 0 aromatic heterocycles. The van der Waals surface area contributed by atoms with Crippen molar-refractivity contribution in [3.63, 3.8) is 0 Å². The normalized spacial score (nSPS) is 13.0. The van der Waals surface area contributed by atoms with Gasteiger partial charge in [-0.05, 0) is 35.4 Å². The minimum Gasteiger partial charge on any atom is -0.497 e. The molecule has 0 saturated carbocycles. The molecule has 1 N–H and O–H groups in total. The van der Waals surface area contributed by atoms with Crippen LogP contribution in [0.4, 0.5) is 0 Å². The summed E-state index contributed by atoms with van der Waals surface area (Å²) < 4.78 is 10.3. The van der Waals surface area contributed by atoms with E-state index in [1.807, 2.05) is 24.3 Å². The number of ether oxygens (including phenoxy) is 2. The summed E-state index contributed by atoms with van der Waals surface area (Å²) in [6.45, 7) is 0. The third kappa shape index (κ3) is 3.57. The van der Waals surface area contributed by atoms with Crippen LogP contribution in [-0.2, 0) is 12.0 Å². The quantitative estimate of drug-likeness (QED) is 0.890. The maximum Gasteiger partial charge on any atom is 0.118 e. The van der Waals surface area contributed by atoms with E-state index < -0.39 is 5.60 Å². The van der Waals surface area contributed by atoms with Gasteiger partial charge in [0.2, 0.25) is 0 Å². The van der Waals surface area contributed by atoms with Crippen LogP contribution in [0.5, 0.6) is 11.5 Å². The second-order valence-corrected chi connectivity index (χ2v) is 5.12. The van der Waals surface area contributed by atoms with E-state index in [-0.39, 0.29) is 6.42 Å². The molecule has 0 aliphatic heterocycles. The highest BCUT2D eigenvalue weighted by atomic mass is 16.5. The van der Waals surface area contributed by atoms with Crippen LogP contribution >= 0.6 is 0 Å². The molecule has 2 aromatic rings. The standard InChI is InChI=1S/C18H19NO3/c1-21-16-7-3-14(4-8-16)13-18(20,11-12-19)15-5-9-17(22-2)10-6-15/h3-10,20H,11,13H2,1-2H3. The summed E-state index contributed by atoms with van der Waals surface area (Å²) >= 11 is 0. The molecule has 0 aliphatic carbocycles. The SMILES string of the molecule is COc1ccc(CC(O)(CC#N)c2ccc(OC)cc2)cc1. The molecule has 0 fully saturated rings. The molecule has 2 rings (SSSR count). The van der Waals surface area contributed by atoms with E-state index in [0.717, 1.165) is 11.3 Å². The molecule has 0 heterocycles. The summed E-state index contributed by atoms with van der Waals surface area (Å²) in [5, 5.41) is 20.0. The predicted molar refractivity (Wildman–Crippen MR) is 83.8 cm³/mol. The fourth-order valence-electron chi connectivity index (χ4n) is 2.38. The molecule has 0 aliphatic rings. The van der Waals surface area contributed by atoms with Crippen molar-refractivity contribution < 1.29 is 14.6 Å². The van der Waals surface area contributed by atoms with Gasteiger partial charge in [-0.1, -0.05) is 24.3 Å². The molecule has 2 aromatic carbocycles. The Morgan fingerprint density at radius 2 is 1.45 bits per heavy atom. The van der Waals surface area contributed by atoms with Gasteiger partial charge in [0.15, 0.2) is 0 Å². The van der Waals surface area contributed by atoms with Gasteiger partial charge in [0, 0.05) is 6.42 Å². The van der Waals surface area contributed by atoms with Crippen molar-refractivity contribution >= 4 is 0 Å². The molecule has 0 amide bonds. The van der Waals surface area contributed by atoms with Crippen molar-refractivity contribution in [3.8, 4) is 17.6 Å². The van der Waals surface area contributed by atoms with Gasteiger partial charge in [-0.2, -0.15) is 5.26 Å². The van der Waals surface area contributed by atoms with Crippen molar-refractivity contribution in [2.24, 2.45) is 0 Å². The molecule has 0 radical (unpaired) electrons. The fraction of sp³-hybridized carbons (Fsp3) is 0.278. The first-order chi connectivity index (χ1) is 10.6. The number of rotatable bonds is 6. The van der Waals surface area contributed by atoms with Gasteiger partial charge in [0.1, 0.15) is 17.1 Å². The van der Waals surface area contributed by atoms with E-state index in [2.05, 4.69) is 6.07 Å². The van der Waals surface area contributed by atoms with Crippen LogP contribution in [0.2, 0.25) is 0 Å². The van der Waals surface area contributed by atoms with Gasteiger partial charge >= 0.3 is 0 Å². The first-order valence-corrected chi connectivity index (χ1v) is 6.98. The zero-order chi connectivity index (χ0) is 16.0. The first-order valence-electron chi connectivity index (χ1n) is 6.98. The number of methoxy groups -OCH3 is 2. The smallest absolute Gasteiger partial charge is 0.118 e. The average molecular weight is 297 g/mol. The first kappa shape index (κ1) is 15.9. The Kier molecular flexibility index (Phi) is 5.03. The number of hydrogen-bond acceptors (Lipinski definition) is 4. The largest absolute Gasteiger partial charge is 0.497 e. The Hall–Kier alpha value is -2.51. The zero-order valence-corrected chi connectivity index (χ0v) is 12.7. The lowest BCUT2D eigenvalue weighted by Crippen LogP contribution is -2.28. The lowest BCUT2D eigenvalue weighted by molar-refractivity contribution is 0.0417. The minimum absolute atomic E-state index is 0.0192. The maximum absolute atomic E-state index is 10.9. The van der Waals surface area contributed by atoms with Crippen molar-refractivity contribution in [2.75, 3.05) is 14.2 Å². The molecule has 4 heteroatoms. The van der Waals surface area contributed by atoms with Crippen molar-refractivity contribution in [3.05, 3.63) is 59.7 Å². The molecule has 0 saturated heterocycles. The molecule has 0 bridgehead atoms. The van der Waals surface area contributed by atoms with Crippen LogP contribution in [0.1, 0.15) is 17.5 Å². The topological polar surface area (TPSA) is 62.5 Å². The van der Waals surface area contributed by atoms with E-state index >= 15 is 0 Å². The van der Waals surface area contributed by atoms with Gasteiger partial charge in [-0.3, -0.25) is 0 Å². The Balaban J connectivity index is 2.27. The summed E-state index contributed by atoms with van der Waals surface area (Å²) in [7, 11) is 3.20. The number of nitrogens with zero attached hydrogens (tertiary/aromatic N) is 1. The third-order valence-electron chi connectivity index (χ3n) is 3.65. The van der Waals surface area contributed by atoms with Crippen LogP contribution in [0, 0.1) is 11.3 Å². The molecule has 114 valence electrons. The van der Waals surface area contributed by atoms with Gasteiger partial charge in [-0.15, -0.1) is 0 Å². The van der Waals surface area contributed by atoms with Crippen LogP contribution in [0.3, 0.4) is 0 Å². The summed E-state index contributed by atoms with van der Waals surface area (Å²) in [6.07, 6.45) is 0.377. The number of nitriles is 1. The average Bonchev–Trinajstić information content (AvgIpc) is 2.56. The van der Waals surface area contributed by atoms with Gasteiger partial charge < -0.3 is 14.6 Å². The van der Waals surface area contributed by atoms with Crippen LogP contribution < -0.4 is 9.47 Å². The molecule has 0 spiro atoms. The van der Waals surface area contributed by atoms with Crippen LogP contribution in [0.25, 0.3) is 0 Å². The minimum atomic E-state index is -1.23. The van der Waals surface area contributed by atoms with Crippen LogP contribution in [0.15, 0.2) is 48.5 Å². The molecule has 1 atom stereocenters. The number of benzene rings is 2. The highest BCUT2D eigenvalue weighted by molar-refractivity contribution is 5.34. The zero-order valence-electron chi connectivity index (χ0n) is 12.7. The number of aliphatic hydroxyl groups is 1. The Morgan fingerprint density at radius 1 is 0.955 bits per heavy atom. The van der Waals surface area contributed by atoms with Gasteiger partial charge in [0.25, 0.3) is 0 Å². The molecular weight excluding hydrogens is 278 g/mol.